The highest BCUT2D eigenvalue weighted by Gasteiger charge is 2.27. The minimum absolute atomic E-state index is 0.108. The molecule has 4 heteroatoms. The second-order valence-corrected chi connectivity index (χ2v) is 3.45. The molecule has 1 aliphatic rings. The van der Waals surface area contributed by atoms with Crippen LogP contribution in [0.1, 0.15) is 18.9 Å². The number of amides is 1. The predicted octanol–water partition coefficient (Wildman–Crippen LogP) is 1.29. The molecule has 1 aromatic rings. The number of anilines is 1. The zero-order chi connectivity index (χ0) is 10.8. The maximum Gasteiger partial charge on any atom is 0.265 e. The van der Waals surface area contributed by atoms with E-state index < -0.39 is 6.10 Å². The summed E-state index contributed by atoms with van der Waals surface area (Å²) in [6.07, 6.45) is 0.209. The molecule has 15 heavy (non-hydrogen) atoms. The zero-order valence-corrected chi connectivity index (χ0v) is 8.49. The zero-order valence-electron chi connectivity index (χ0n) is 8.49. The number of aliphatic hydroxyl groups is 1. The van der Waals surface area contributed by atoms with Crippen molar-refractivity contribution in [3.8, 4) is 5.75 Å². The molecule has 80 valence electrons. The third-order valence-corrected chi connectivity index (χ3v) is 2.46. The summed E-state index contributed by atoms with van der Waals surface area (Å²) in [6.45, 7) is 1.79. The number of hydrogen-bond acceptors (Lipinski definition) is 3. The predicted molar refractivity (Wildman–Crippen MR) is 55.7 cm³/mol. The summed E-state index contributed by atoms with van der Waals surface area (Å²) in [4.78, 5) is 11.5. The highest BCUT2D eigenvalue weighted by Crippen LogP contribution is 2.33. The molecule has 1 atom stereocenters. The molecule has 1 heterocycles. The first kappa shape index (κ1) is 9.98. The van der Waals surface area contributed by atoms with Crippen LogP contribution in [0.4, 0.5) is 5.69 Å². The number of rotatable bonds is 2. The largest absolute Gasteiger partial charge is 0.478 e. The van der Waals surface area contributed by atoms with Crippen molar-refractivity contribution in [2.75, 3.05) is 5.32 Å². The van der Waals surface area contributed by atoms with E-state index >= 15 is 0 Å². The molecule has 0 saturated carbocycles. The van der Waals surface area contributed by atoms with Crippen LogP contribution in [-0.2, 0) is 11.4 Å². The van der Waals surface area contributed by atoms with Gasteiger partial charge in [0.25, 0.3) is 5.91 Å². The van der Waals surface area contributed by atoms with Crippen LogP contribution in [-0.4, -0.2) is 17.1 Å². The molecule has 2 N–H and O–H groups in total. The average molecular weight is 207 g/mol. The van der Waals surface area contributed by atoms with Crippen LogP contribution in [0.25, 0.3) is 0 Å². The molecule has 4 nitrogen and oxygen atoms in total. The van der Waals surface area contributed by atoms with Crippen molar-refractivity contribution in [2.45, 2.75) is 26.1 Å². The van der Waals surface area contributed by atoms with Gasteiger partial charge in [-0.15, -0.1) is 0 Å². The molecule has 0 fully saturated rings. The van der Waals surface area contributed by atoms with Gasteiger partial charge in [-0.2, -0.15) is 0 Å². The monoisotopic (exact) mass is 207 g/mol. The summed E-state index contributed by atoms with van der Waals surface area (Å²) < 4.78 is 5.51. The van der Waals surface area contributed by atoms with E-state index in [9.17, 15) is 4.79 Å². The Morgan fingerprint density at radius 1 is 1.53 bits per heavy atom. The maximum absolute atomic E-state index is 11.5. The van der Waals surface area contributed by atoms with E-state index in [1.807, 2.05) is 6.92 Å². The first-order chi connectivity index (χ1) is 7.26. The summed E-state index contributed by atoms with van der Waals surface area (Å²) in [6, 6.07) is 5.35. The van der Waals surface area contributed by atoms with E-state index in [4.69, 9.17) is 9.84 Å². The Bertz CT molecular complexity index is 389. The minimum atomic E-state index is -0.425. The Morgan fingerprint density at radius 2 is 2.33 bits per heavy atom. The van der Waals surface area contributed by atoms with Crippen LogP contribution in [0.2, 0.25) is 0 Å². The van der Waals surface area contributed by atoms with Gasteiger partial charge >= 0.3 is 0 Å². The number of carbonyl (C=O) groups excluding carboxylic acids is 1. The van der Waals surface area contributed by atoms with E-state index in [1.54, 1.807) is 18.2 Å². The number of carbonyl (C=O) groups is 1. The van der Waals surface area contributed by atoms with Gasteiger partial charge in [-0.1, -0.05) is 19.1 Å². The van der Waals surface area contributed by atoms with Crippen molar-refractivity contribution >= 4 is 11.6 Å². The van der Waals surface area contributed by atoms with E-state index in [-0.39, 0.29) is 12.5 Å². The lowest BCUT2D eigenvalue weighted by Gasteiger charge is -2.26. The topological polar surface area (TPSA) is 58.6 Å². The fourth-order valence-electron chi connectivity index (χ4n) is 1.63. The molecule has 1 unspecified atom stereocenters. The second-order valence-electron chi connectivity index (χ2n) is 3.45. The highest BCUT2D eigenvalue weighted by atomic mass is 16.5. The Kier molecular flexibility index (Phi) is 2.60. The van der Waals surface area contributed by atoms with Crippen LogP contribution >= 0.6 is 0 Å². The lowest BCUT2D eigenvalue weighted by atomic mass is 10.1. The van der Waals surface area contributed by atoms with E-state index in [0.29, 0.717) is 23.4 Å². The quantitative estimate of drug-likeness (QED) is 0.768. The van der Waals surface area contributed by atoms with Gasteiger partial charge in [0.05, 0.1) is 12.3 Å². The molecule has 1 aromatic carbocycles. The van der Waals surface area contributed by atoms with Crippen molar-refractivity contribution in [3.63, 3.8) is 0 Å². The van der Waals surface area contributed by atoms with Gasteiger partial charge in [-0.05, 0) is 12.5 Å². The Balaban J connectivity index is 2.39. The fraction of sp³-hybridized carbons (Fsp3) is 0.364. The molecule has 0 saturated heterocycles. The van der Waals surface area contributed by atoms with Gasteiger partial charge in [0.1, 0.15) is 5.75 Å². The van der Waals surface area contributed by atoms with Gasteiger partial charge in [0, 0.05) is 5.56 Å². The molecule has 0 spiro atoms. The molecule has 0 bridgehead atoms. The van der Waals surface area contributed by atoms with Gasteiger partial charge in [-0.25, -0.2) is 0 Å². The summed E-state index contributed by atoms with van der Waals surface area (Å²) in [5.74, 6) is 0.485. The van der Waals surface area contributed by atoms with Gasteiger partial charge in [-0.3, -0.25) is 4.79 Å². The SMILES string of the molecule is CCC1Oc2cccc(CO)c2NC1=O. The van der Waals surface area contributed by atoms with Gasteiger partial charge in [0.2, 0.25) is 0 Å². The Labute approximate surface area is 87.9 Å². The van der Waals surface area contributed by atoms with Crippen LogP contribution in [0, 0.1) is 0 Å². The van der Waals surface area contributed by atoms with E-state index in [0.717, 1.165) is 0 Å². The Morgan fingerprint density at radius 3 is 3.00 bits per heavy atom. The number of ether oxygens (including phenoxy) is 1. The normalized spacial score (nSPS) is 19.1. The third kappa shape index (κ3) is 1.68. The molecule has 1 aliphatic heterocycles. The molecular formula is C11H13NO3. The molecule has 0 aliphatic carbocycles. The van der Waals surface area contributed by atoms with Crippen molar-refractivity contribution in [1.29, 1.82) is 0 Å². The number of para-hydroxylation sites is 1. The maximum atomic E-state index is 11.5. The molecule has 0 radical (unpaired) electrons. The summed E-state index contributed by atoms with van der Waals surface area (Å²) in [7, 11) is 0. The highest BCUT2D eigenvalue weighted by molar-refractivity contribution is 5.98. The Hall–Kier alpha value is -1.55. The van der Waals surface area contributed by atoms with Crippen molar-refractivity contribution in [1.82, 2.24) is 0 Å². The first-order valence-corrected chi connectivity index (χ1v) is 4.96. The summed E-state index contributed by atoms with van der Waals surface area (Å²) >= 11 is 0. The minimum Gasteiger partial charge on any atom is -0.478 e. The number of aliphatic hydroxyl groups excluding tert-OH is 1. The molecular weight excluding hydrogens is 194 g/mol. The summed E-state index contributed by atoms with van der Waals surface area (Å²) in [5.41, 5.74) is 1.27. The van der Waals surface area contributed by atoms with Crippen LogP contribution < -0.4 is 10.1 Å². The fourth-order valence-corrected chi connectivity index (χ4v) is 1.63. The molecule has 0 aromatic heterocycles. The first-order valence-electron chi connectivity index (χ1n) is 4.96. The third-order valence-electron chi connectivity index (χ3n) is 2.46. The second kappa shape index (κ2) is 3.90. The van der Waals surface area contributed by atoms with Crippen molar-refractivity contribution in [2.24, 2.45) is 0 Å². The molecule has 2 rings (SSSR count). The lowest BCUT2D eigenvalue weighted by molar-refractivity contribution is -0.123. The van der Waals surface area contributed by atoms with E-state index in [1.165, 1.54) is 0 Å². The van der Waals surface area contributed by atoms with E-state index in [2.05, 4.69) is 5.32 Å². The van der Waals surface area contributed by atoms with Crippen LogP contribution in [0.3, 0.4) is 0 Å². The number of benzene rings is 1. The van der Waals surface area contributed by atoms with Crippen molar-refractivity contribution < 1.29 is 14.6 Å². The number of fused-ring (bicyclic) bond motifs is 1. The number of hydrogen-bond donors (Lipinski definition) is 2. The van der Waals surface area contributed by atoms with Gasteiger partial charge in [0.15, 0.2) is 6.10 Å². The van der Waals surface area contributed by atoms with Crippen LogP contribution in [0.5, 0.6) is 5.75 Å². The standard InChI is InChI=1S/C11H13NO3/c1-2-8-11(14)12-10-7(6-13)4-3-5-9(10)15-8/h3-5,8,13H,2,6H2,1H3,(H,12,14). The van der Waals surface area contributed by atoms with Gasteiger partial charge < -0.3 is 15.2 Å². The molecule has 1 amide bonds. The lowest BCUT2D eigenvalue weighted by Crippen LogP contribution is -2.36. The average Bonchev–Trinajstić information content (AvgIpc) is 2.27. The smallest absolute Gasteiger partial charge is 0.265 e. The number of nitrogens with one attached hydrogen (secondary N) is 1. The van der Waals surface area contributed by atoms with Crippen LogP contribution in [0.15, 0.2) is 18.2 Å². The summed E-state index contributed by atoms with van der Waals surface area (Å²) in [5, 5.41) is 11.9. The van der Waals surface area contributed by atoms with Crippen molar-refractivity contribution in [3.05, 3.63) is 23.8 Å².